The molecule has 0 bridgehead atoms. The maximum atomic E-state index is 13.9. The van der Waals surface area contributed by atoms with Crippen molar-refractivity contribution in [1.29, 1.82) is 5.26 Å². The van der Waals surface area contributed by atoms with Gasteiger partial charge in [0.05, 0.1) is 46.5 Å². The highest BCUT2D eigenvalue weighted by Gasteiger charge is 2.52. The molecule has 2 heterocycles. The van der Waals surface area contributed by atoms with E-state index in [1.807, 2.05) is 117 Å². The van der Waals surface area contributed by atoms with Crippen LogP contribution in [-0.2, 0) is 43.2 Å². The van der Waals surface area contributed by atoms with E-state index in [-0.39, 0.29) is 56.4 Å². The molecule has 0 spiro atoms. The Labute approximate surface area is 440 Å². The number of H-pyrrole nitrogens is 1. The first kappa shape index (κ1) is 59.4. The molecule has 1 fully saturated rings. The fourth-order valence-corrected chi connectivity index (χ4v) is 9.59. The van der Waals surface area contributed by atoms with Crippen molar-refractivity contribution in [1.82, 2.24) is 24.9 Å². The molecule has 0 radical (unpaired) electrons. The van der Waals surface area contributed by atoms with Gasteiger partial charge in [-0.25, -0.2) is 14.3 Å². The van der Waals surface area contributed by atoms with E-state index in [0.29, 0.717) is 22.6 Å². The molecule has 0 aliphatic carbocycles. The number of aromatic amines is 1. The highest BCUT2D eigenvalue weighted by Crippen LogP contribution is 2.51. The van der Waals surface area contributed by atoms with Gasteiger partial charge in [-0.15, -0.1) is 0 Å². The third-order valence-electron chi connectivity index (χ3n) is 11.9. The summed E-state index contributed by atoms with van der Waals surface area (Å²) in [5.41, 5.74) is -2.17. The molecule has 406 valence electrons. The number of hydrogen-bond acceptors (Lipinski definition) is 16. The van der Waals surface area contributed by atoms with Gasteiger partial charge in [0, 0.05) is 34.7 Å². The zero-order valence-electron chi connectivity index (χ0n) is 45.1. The average molecular weight is 1060 g/mol. The fourth-order valence-electron chi connectivity index (χ4n) is 7.94. The number of nitrogens with zero attached hydrogens (tertiary/aromatic N) is 4. The van der Waals surface area contributed by atoms with E-state index in [9.17, 15) is 29.2 Å². The van der Waals surface area contributed by atoms with Crippen LogP contribution in [0.4, 0.5) is 4.79 Å². The van der Waals surface area contributed by atoms with Crippen LogP contribution >= 0.6 is 8.53 Å². The number of rotatable bonds is 21. The molecule has 1 aliphatic heterocycles. The van der Waals surface area contributed by atoms with Crippen LogP contribution in [0.3, 0.4) is 0 Å². The Morgan fingerprint density at radius 3 is 1.84 bits per heavy atom. The molecular weight excluding hydrogens is 986 g/mol. The molecule has 3 aromatic carbocycles. The van der Waals surface area contributed by atoms with Crippen LogP contribution in [-0.4, -0.2) is 109 Å². The minimum Gasteiger partial charge on any atom is -0.497 e. The molecule has 2 amide bonds. The van der Waals surface area contributed by atoms with E-state index in [0.717, 1.165) is 5.56 Å². The summed E-state index contributed by atoms with van der Waals surface area (Å²) >= 11 is 0. The SMILES string of the molecule is COc1ccc(C(OC[C@H]2O[C@@H](n3cc(C)c(=O)[nH]c3=O)[C@H](OCCN=C(NC(=O)C(C)(C)C)NC(=O)C(C)(C)C)[C@@H]2OP(OC(=O)OCCC#N)N(C(C)C)C(C)C)(c2ccccc2)c2ccc(OC)cc2)cc1. The van der Waals surface area contributed by atoms with E-state index in [1.54, 1.807) is 55.8 Å². The van der Waals surface area contributed by atoms with E-state index in [2.05, 4.69) is 20.6 Å². The number of methoxy groups -OCH3 is 2. The van der Waals surface area contributed by atoms with Gasteiger partial charge in [-0.3, -0.25) is 39.6 Å². The van der Waals surface area contributed by atoms with Gasteiger partial charge in [0.25, 0.3) is 5.56 Å². The number of nitriles is 1. The number of carbonyl (C=O) groups is 3. The smallest absolute Gasteiger partial charge is 0.497 e. The van der Waals surface area contributed by atoms with Crippen molar-refractivity contribution in [2.24, 2.45) is 15.8 Å². The first-order chi connectivity index (χ1) is 35.4. The Balaban J connectivity index is 1.72. The van der Waals surface area contributed by atoms with Gasteiger partial charge in [0.2, 0.25) is 17.8 Å². The number of benzene rings is 3. The lowest BCUT2D eigenvalue weighted by molar-refractivity contribution is -0.127. The summed E-state index contributed by atoms with van der Waals surface area (Å²) in [4.78, 5) is 73.7. The van der Waals surface area contributed by atoms with Crippen LogP contribution in [0, 0.1) is 29.1 Å². The summed E-state index contributed by atoms with van der Waals surface area (Å²) in [5, 5.41) is 14.6. The van der Waals surface area contributed by atoms with Crippen molar-refractivity contribution in [3.63, 3.8) is 0 Å². The quantitative estimate of drug-likeness (QED) is 0.0181. The molecule has 21 heteroatoms. The number of ether oxygens (including phenoxy) is 6. The molecule has 0 saturated carbocycles. The van der Waals surface area contributed by atoms with Gasteiger partial charge in [0.15, 0.2) is 6.23 Å². The number of aliphatic imine (C=N–C) groups is 1. The summed E-state index contributed by atoms with van der Waals surface area (Å²) < 4.78 is 53.6. The lowest BCUT2D eigenvalue weighted by Crippen LogP contribution is -2.50. The second kappa shape index (κ2) is 26.3. The molecule has 20 nitrogen and oxygen atoms in total. The summed E-state index contributed by atoms with van der Waals surface area (Å²) in [6.45, 7) is 18.6. The minimum atomic E-state index is -2.42. The van der Waals surface area contributed by atoms with Gasteiger partial charge in [-0.2, -0.15) is 5.26 Å². The zero-order chi connectivity index (χ0) is 55.3. The number of guanidine groups is 1. The van der Waals surface area contributed by atoms with Gasteiger partial charge in [-0.1, -0.05) is 96.1 Å². The van der Waals surface area contributed by atoms with Crippen molar-refractivity contribution < 1.29 is 51.9 Å². The van der Waals surface area contributed by atoms with Gasteiger partial charge in [0.1, 0.15) is 42.0 Å². The summed E-state index contributed by atoms with van der Waals surface area (Å²) in [7, 11) is 0.729. The second-order valence-electron chi connectivity index (χ2n) is 20.3. The van der Waals surface area contributed by atoms with Crippen molar-refractivity contribution in [3.05, 3.63) is 128 Å². The monoisotopic (exact) mass is 1060 g/mol. The number of aromatic nitrogens is 2. The first-order valence-corrected chi connectivity index (χ1v) is 25.8. The molecule has 1 aliphatic rings. The summed E-state index contributed by atoms with van der Waals surface area (Å²) in [5.74, 6) is 0.308. The van der Waals surface area contributed by atoms with Crippen molar-refractivity contribution in [2.75, 3.05) is 40.6 Å². The highest BCUT2D eigenvalue weighted by atomic mass is 31.2. The molecule has 5 rings (SSSR count). The fraction of sp³-hybridized carbons (Fsp3) is 0.500. The molecule has 1 unspecified atom stereocenters. The third kappa shape index (κ3) is 15.3. The predicted molar refractivity (Wildman–Crippen MR) is 282 cm³/mol. The Morgan fingerprint density at radius 1 is 0.813 bits per heavy atom. The number of aryl methyl sites for hydroxylation is 1. The number of amides is 2. The van der Waals surface area contributed by atoms with Gasteiger partial charge < -0.3 is 37.5 Å². The minimum absolute atomic E-state index is 0.0811. The summed E-state index contributed by atoms with van der Waals surface area (Å²) in [6.07, 6.45) is -4.82. The van der Waals surface area contributed by atoms with E-state index >= 15 is 0 Å². The largest absolute Gasteiger partial charge is 0.513 e. The Bertz CT molecular complexity index is 2640. The molecule has 75 heavy (non-hydrogen) atoms. The molecule has 1 aromatic heterocycles. The van der Waals surface area contributed by atoms with E-state index in [4.69, 9.17) is 37.5 Å². The van der Waals surface area contributed by atoms with Gasteiger partial charge in [-0.05, 0) is 75.6 Å². The molecule has 5 atom stereocenters. The lowest BCUT2D eigenvalue weighted by Gasteiger charge is -2.39. The second-order valence-corrected chi connectivity index (χ2v) is 21.6. The predicted octanol–water partition coefficient (Wildman–Crippen LogP) is 7.63. The van der Waals surface area contributed by atoms with Gasteiger partial charge >= 0.3 is 20.4 Å². The van der Waals surface area contributed by atoms with Crippen LogP contribution in [0.15, 0.2) is 99.6 Å². The van der Waals surface area contributed by atoms with E-state index < -0.39 is 78.7 Å². The average Bonchev–Trinajstić information content (AvgIpc) is 3.69. The maximum absolute atomic E-state index is 13.9. The molecule has 3 N–H and O–H groups in total. The standard InChI is InChI=1S/C54H72N7O13P/c1-34(2)61(35(3)4)75(74-51(66)70-30-17-28-55)73-43-42(33-71-54(37-18-15-14-16-19-37,38-20-24-40(67-12)25-21-38)39-22-26-41(68-13)27-23-39)72-46(60-32-36(5)45(62)57-50(60)65)44(43)69-31-29-56-49(58-47(63)52(6,7)8)59-48(64)53(9,10)11/h14-16,18-27,32,34-35,42-44,46H,17,29-31,33H2,1-13H3,(H,57,62,65)(H2,56,58,59,63,64)/t42-,43-,44-,46-,75?/m1/s1. The zero-order valence-corrected chi connectivity index (χ0v) is 46.0. The molecular formula is C54H72N7O13P. The number of nitrogens with one attached hydrogen (secondary N) is 3. The normalized spacial score (nSPS) is 17.3. The van der Waals surface area contributed by atoms with Crippen molar-refractivity contribution >= 4 is 32.5 Å². The lowest BCUT2D eigenvalue weighted by atomic mass is 9.80. The van der Waals surface area contributed by atoms with E-state index in [1.165, 1.54) is 17.7 Å². The topological polar surface area (TPSA) is 243 Å². The maximum Gasteiger partial charge on any atom is 0.513 e. The van der Waals surface area contributed by atoms with Crippen LogP contribution in [0.25, 0.3) is 0 Å². The highest BCUT2D eigenvalue weighted by molar-refractivity contribution is 7.45. The van der Waals surface area contributed by atoms with Crippen molar-refractivity contribution in [2.45, 2.75) is 125 Å². The third-order valence-corrected chi connectivity index (χ3v) is 13.9. The Morgan fingerprint density at radius 2 is 1.35 bits per heavy atom. The summed E-state index contributed by atoms with van der Waals surface area (Å²) in [6, 6.07) is 25.8. The van der Waals surface area contributed by atoms with Crippen LogP contribution < -0.4 is 31.4 Å². The number of hydrogen-bond donors (Lipinski definition) is 3. The van der Waals surface area contributed by atoms with Crippen molar-refractivity contribution in [3.8, 4) is 17.6 Å². The number of carbonyl (C=O) groups excluding carboxylic acids is 3. The first-order valence-electron chi connectivity index (χ1n) is 24.7. The van der Waals surface area contributed by atoms with Crippen LogP contribution in [0.2, 0.25) is 0 Å². The Kier molecular flexibility index (Phi) is 20.9. The Hall–Kier alpha value is -6.46. The van der Waals surface area contributed by atoms with Crippen LogP contribution in [0.1, 0.15) is 104 Å². The molecule has 4 aromatic rings. The van der Waals surface area contributed by atoms with Crippen LogP contribution in [0.5, 0.6) is 11.5 Å². The molecule has 1 saturated heterocycles.